The molecule has 0 bridgehead atoms. The molecule has 0 radical (unpaired) electrons. The quantitative estimate of drug-likeness (QED) is 0.611. The SMILES string of the molecule is NC(N)=NCc1cc(Br)ccc1F. The van der Waals surface area contributed by atoms with Crippen molar-refractivity contribution >= 4 is 21.9 Å². The highest BCUT2D eigenvalue weighted by atomic mass is 79.9. The summed E-state index contributed by atoms with van der Waals surface area (Å²) in [7, 11) is 0. The van der Waals surface area contributed by atoms with E-state index in [9.17, 15) is 4.39 Å². The molecule has 1 aromatic rings. The highest BCUT2D eigenvalue weighted by Gasteiger charge is 2.01. The molecule has 4 N–H and O–H groups in total. The van der Waals surface area contributed by atoms with Gasteiger partial charge in [-0.25, -0.2) is 9.38 Å². The van der Waals surface area contributed by atoms with E-state index in [2.05, 4.69) is 20.9 Å². The van der Waals surface area contributed by atoms with Gasteiger partial charge in [-0.1, -0.05) is 15.9 Å². The zero-order chi connectivity index (χ0) is 9.84. The van der Waals surface area contributed by atoms with E-state index in [1.807, 2.05) is 0 Å². The van der Waals surface area contributed by atoms with E-state index in [-0.39, 0.29) is 18.3 Å². The predicted molar refractivity (Wildman–Crippen MR) is 53.6 cm³/mol. The van der Waals surface area contributed by atoms with Crippen LogP contribution in [0.5, 0.6) is 0 Å². The van der Waals surface area contributed by atoms with Crippen molar-refractivity contribution in [2.24, 2.45) is 16.5 Å². The molecule has 0 fully saturated rings. The number of rotatable bonds is 2. The monoisotopic (exact) mass is 245 g/mol. The first-order chi connectivity index (χ1) is 6.09. The minimum absolute atomic E-state index is 0.0422. The Morgan fingerprint density at radius 3 is 2.77 bits per heavy atom. The summed E-state index contributed by atoms with van der Waals surface area (Å²) in [5.41, 5.74) is 10.7. The second-order valence-electron chi connectivity index (χ2n) is 2.48. The van der Waals surface area contributed by atoms with E-state index < -0.39 is 0 Å². The number of aliphatic imine (C=N–C) groups is 1. The number of hydrogen-bond acceptors (Lipinski definition) is 1. The molecular formula is C8H9BrFN3. The Morgan fingerprint density at radius 1 is 1.46 bits per heavy atom. The molecule has 0 unspecified atom stereocenters. The molecule has 0 aliphatic rings. The maximum absolute atomic E-state index is 13.0. The number of hydrogen-bond donors (Lipinski definition) is 2. The summed E-state index contributed by atoms with van der Waals surface area (Å²) in [6, 6.07) is 4.62. The Labute approximate surface area is 83.8 Å². The second kappa shape index (κ2) is 4.23. The van der Waals surface area contributed by atoms with Gasteiger partial charge < -0.3 is 11.5 Å². The van der Waals surface area contributed by atoms with Crippen molar-refractivity contribution in [1.82, 2.24) is 0 Å². The average Bonchev–Trinajstić information content (AvgIpc) is 2.06. The van der Waals surface area contributed by atoms with Crippen molar-refractivity contribution in [2.75, 3.05) is 0 Å². The Hall–Kier alpha value is -1.10. The molecule has 70 valence electrons. The number of guanidine groups is 1. The molecule has 0 saturated carbocycles. The number of benzene rings is 1. The van der Waals surface area contributed by atoms with Crippen LogP contribution in [-0.4, -0.2) is 5.96 Å². The molecule has 0 saturated heterocycles. The van der Waals surface area contributed by atoms with Gasteiger partial charge in [0.2, 0.25) is 0 Å². The van der Waals surface area contributed by atoms with Crippen molar-refractivity contribution < 1.29 is 4.39 Å². The van der Waals surface area contributed by atoms with Gasteiger partial charge >= 0.3 is 0 Å². The summed E-state index contributed by atoms with van der Waals surface area (Å²) < 4.78 is 13.8. The Bertz CT molecular complexity index is 334. The lowest BCUT2D eigenvalue weighted by atomic mass is 10.2. The Balaban J connectivity index is 2.87. The molecule has 5 heteroatoms. The van der Waals surface area contributed by atoms with Crippen molar-refractivity contribution in [3.63, 3.8) is 0 Å². The van der Waals surface area contributed by atoms with E-state index >= 15 is 0 Å². The van der Waals surface area contributed by atoms with E-state index in [4.69, 9.17) is 11.5 Å². The largest absolute Gasteiger partial charge is 0.370 e. The summed E-state index contributed by atoms with van der Waals surface area (Å²) in [5, 5.41) is 0. The lowest BCUT2D eigenvalue weighted by molar-refractivity contribution is 0.610. The van der Waals surface area contributed by atoms with Crippen LogP contribution in [0.15, 0.2) is 27.7 Å². The van der Waals surface area contributed by atoms with Crippen LogP contribution in [0.3, 0.4) is 0 Å². The third kappa shape index (κ3) is 3.02. The average molecular weight is 246 g/mol. The molecule has 0 atom stereocenters. The zero-order valence-electron chi connectivity index (χ0n) is 6.80. The van der Waals surface area contributed by atoms with Gasteiger partial charge in [0.1, 0.15) is 5.82 Å². The highest BCUT2D eigenvalue weighted by Crippen LogP contribution is 2.15. The van der Waals surface area contributed by atoms with Crippen molar-refractivity contribution in [2.45, 2.75) is 6.54 Å². The molecule has 0 amide bonds. The van der Waals surface area contributed by atoms with Gasteiger partial charge in [0.25, 0.3) is 0 Å². The molecule has 0 heterocycles. The van der Waals surface area contributed by atoms with Gasteiger partial charge in [-0.15, -0.1) is 0 Å². The molecule has 1 rings (SSSR count). The van der Waals surface area contributed by atoms with Gasteiger partial charge in [-0.2, -0.15) is 0 Å². The normalized spacial score (nSPS) is 9.69. The third-order valence-electron chi connectivity index (χ3n) is 1.44. The van der Waals surface area contributed by atoms with Gasteiger partial charge in [0, 0.05) is 10.0 Å². The third-order valence-corrected chi connectivity index (χ3v) is 1.93. The Kier molecular flexibility index (Phi) is 3.25. The summed E-state index contributed by atoms with van der Waals surface area (Å²) in [6.07, 6.45) is 0. The smallest absolute Gasteiger partial charge is 0.186 e. The second-order valence-corrected chi connectivity index (χ2v) is 3.39. The number of nitrogens with zero attached hydrogens (tertiary/aromatic N) is 1. The van der Waals surface area contributed by atoms with Gasteiger partial charge in [-0.3, -0.25) is 0 Å². The molecule has 0 aliphatic carbocycles. The first-order valence-electron chi connectivity index (χ1n) is 3.59. The van der Waals surface area contributed by atoms with E-state index in [1.54, 1.807) is 12.1 Å². The van der Waals surface area contributed by atoms with Gasteiger partial charge in [0.05, 0.1) is 6.54 Å². The minimum Gasteiger partial charge on any atom is -0.370 e. The van der Waals surface area contributed by atoms with Crippen LogP contribution >= 0.6 is 15.9 Å². The lowest BCUT2D eigenvalue weighted by Gasteiger charge is -2.00. The fourth-order valence-electron chi connectivity index (χ4n) is 0.841. The summed E-state index contributed by atoms with van der Waals surface area (Å²) in [6.45, 7) is 0.160. The van der Waals surface area contributed by atoms with E-state index in [1.165, 1.54) is 6.07 Å². The molecular weight excluding hydrogens is 237 g/mol. The fraction of sp³-hybridized carbons (Fsp3) is 0.125. The topological polar surface area (TPSA) is 64.4 Å². The predicted octanol–water partition coefficient (Wildman–Crippen LogP) is 1.36. The van der Waals surface area contributed by atoms with Crippen LogP contribution in [0, 0.1) is 5.82 Å². The maximum Gasteiger partial charge on any atom is 0.186 e. The van der Waals surface area contributed by atoms with Crippen LogP contribution in [0.4, 0.5) is 4.39 Å². The van der Waals surface area contributed by atoms with Crippen molar-refractivity contribution in [1.29, 1.82) is 0 Å². The molecule has 0 spiro atoms. The maximum atomic E-state index is 13.0. The number of halogens is 2. The van der Waals surface area contributed by atoms with Crippen LogP contribution < -0.4 is 11.5 Å². The number of nitrogens with two attached hydrogens (primary N) is 2. The highest BCUT2D eigenvalue weighted by molar-refractivity contribution is 9.10. The molecule has 13 heavy (non-hydrogen) atoms. The zero-order valence-corrected chi connectivity index (χ0v) is 8.38. The summed E-state index contributed by atoms with van der Waals surface area (Å²) in [5.74, 6) is -0.354. The van der Waals surface area contributed by atoms with Crippen LogP contribution in [0.1, 0.15) is 5.56 Å². The van der Waals surface area contributed by atoms with Gasteiger partial charge in [-0.05, 0) is 18.2 Å². The van der Waals surface area contributed by atoms with E-state index in [0.29, 0.717) is 5.56 Å². The van der Waals surface area contributed by atoms with Crippen LogP contribution in [0.25, 0.3) is 0 Å². The fourth-order valence-corrected chi connectivity index (χ4v) is 1.25. The summed E-state index contributed by atoms with van der Waals surface area (Å²) >= 11 is 3.23. The van der Waals surface area contributed by atoms with Crippen molar-refractivity contribution in [3.05, 3.63) is 34.1 Å². The Morgan fingerprint density at radius 2 is 2.15 bits per heavy atom. The lowest BCUT2D eigenvalue weighted by Crippen LogP contribution is -2.22. The molecule has 0 aromatic heterocycles. The summed E-state index contributed by atoms with van der Waals surface area (Å²) in [4.78, 5) is 3.71. The molecule has 3 nitrogen and oxygen atoms in total. The molecule has 1 aromatic carbocycles. The van der Waals surface area contributed by atoms with Crippen LogP contribution in [-0.2, 0) is 6.54 Å². The minimum atomic E-state index is -0.312. The molecule has 0 aliphatic heterocycles. The first kappa shape index (κ1) is 9.98. The standard InChI is InChI=1S/C8H9BrFN3/c9-6-1-2-7(10)5(3-6)4-13-8(11)12/h1-3H,4H2,(H4,11,12,13). The van der Waals surface area contributed by atoms with E-state index in [0.717, 1.165) is 4.47 Å². The van der Waals surface area contributed by atoms with Crippen molar-refractivity contribution in [3.8, 4) is 0 Å². The van der Waals surface area contributed by atoms with Gasteiger partial charge in [0.15, 0.2) is 5.96 Å². The first-order valence-corrected chi connectivity index (χ1v) is 4.38. The van der Waals surface area contributed by atoms with Crippen LogP contribution in [0.2, 0.25) is 0 Å².